The second kappa shape index (κ2) is 11.5. The Labute approximate surface area is 261 Å². The van der Waals surface area contributed by atoms with Crippen LogP contribution in [0.4, 0.5) is 22.7 Å². The first-order chi connectivity index (χ1) is 22.2. The standard InChI is InChI=1S/C41H24N4/c1-44-41-25-24-37(39-8-4-5-9-40(39)41)30-14-21-34(22-15-30)45(32-17-10-28(26-42)11-18-32)33-19-12-29(13-20-33)36-23-16-31(27-43)35-6-2-3-7-38(35)36/h2-25H. The van der Waals surface area contributed by atoms with Gasteiger partial charge in [-0.05, 0) is 93.0 Å². The fourth-order valence-corrected chi connectivity index (χ4v) is 5.99. The molecule has 0 spiro atoms. The first-order valence-corrected chi connectivity index (χ1v) is 14.5. The van der Waals surface area contributed by atoms with Crippen LogP contribution in [0.15, 0.2) is 146 Å². The number of benzene rings is 7. The van der Waals surface area contributed by atoms with Crippen molar-refractivity contribution in [3.63, 3.8) is 0 Å². The summed E-state index contributed by atoms with van der Waals surface area (Å²) in [5.74, 6) is 0. The average molecular weight is 573 g/mol. The third-order valence-electron chi connectivity index (χ3n) is 8.19. The van der Waals surface area contributed by atoms with Crippen molar-refractivity contribution in [1.82, 2.24) is 0 Å². The number of anilines is 3. The van der Waals surface area contributed by atoms with E-state index >= 15 is 0 Å². The van der Waals surface area contributed by atoms with E-state index in [-0.39, 0.29) is 0 Å². The van der Waals surface area contributed by atoms with Crippen LogP contribution in [0.5, 0.6) is 0 Å². The molecule has 208 valence electrons. The number of nitriles is 2. The monoisotopic (exact) mass is 572 g/mol. The van der Waals surface area contributed by atoms with Gasteiger partial charge in [-0.1, -0.05) is 91.0 Å². The first-order valence-electron chi connectivity index (χ1n) is 14.5. The van der Waals surface area contributed by atoms with Crippen LogP contribution in [0.2, 0.25) is 0 Å². The zero-order chi connectivity index (χ0) is 30.8. The summed E-state index contributed by atoms with van der Waals surface area (Å²) in [6, 6.07) is 52.8. The van der Waals surface area contributed by atoms with Gasteiger partial charge < -0.3 is 4.90 Å². The molecule has 0 N–H and O–H groups in total. The van der Waals surface area contributed by atoms with E-state index in [9.17, 15) is 10.5 Å². The zero-order valence-corrected chi connectivity index (χ0v) is 24.1. The predicted molar refractivity (Wildman–Crippen MR) is 183 cm³/mol. The second-order valence-electron chi connectivity index (χ2n) is 10.7. The molecule has 0 fully saturated rings. The summed E-state index contributed by atoms with van der Waals surface area (Å²) in [6.45, 7) is 7.57. The van der Waals surface area contributed by atoms with E-state index in [1.54, 1.807) is 0 Å². The van der Waals surface area contributed by atoms with Crippen LogP contribution in [0.25, 0.3) is 48.6 Å². The quantitative estimate of drug-likeness (QED) is 0.193. The van der Waals surface area contributed by atoms with Gasteiger partial charge in [0, 0.05) is 22.4 Å². The van der Waals surface area contributed by atoms with Crippen molar-refractivity contribution in [2.75, 3.05) is 4.90 Å². The van der Waals surface area contributed by atoms with E-state index in [0.29, 0.717) is 16.8 Å². The van der Waals surface area contributed by atoms with Crippen LogP contribution in [0.1, 0.15) is 11.1 Å². The highest BCUT2D eigenvalue weighted by molar-refractivity contribution is 6.04. The van der Waals surface area contributed by atoms with Gasteiger partial charge >= 0.3 is 0 Å². The second-order valence-corrected chi connectivity index (χ2v) is 10.7. The summed E-state index contributed by atoms with van der Waals surface area (Å²) in [7, 11) is 0. The van der Waals surface area contributed by atoms with Gasteiger partial charge in [-0.3, -0.25) is 0 Å². The van der Waals surface area contributed by atoms with E-state index in [1.165, 1.54) is 0 Å². The highest BCUT2D eigenvalue weighted by atomic mass is 15.1. The van der Waals surface area contributed by atoms with Crippen LogP contribution < -0.4 is 4.90 Å². The van der Waals surface area contributed by atoms with Gasteiger partial charge in [0.05, 0.1) is 29.8 Å². The molecule has 0 amide bonds. The van der Waals surface area contributed by atoms with Crippen molar-refractivity contribution in [1.29, 1.82) is 10.5 Å². The van der Waals surface area contributed by atoms with Crippen molar-refractivity contribution >= 4 is 44.3 Å². The Kier molecular flexibility index (Phi) is 6.97. The van der Waals surface area contributed by atoms with Crippen molar-refractivity contribution in [3.05, 3.63) is 168 Å². The largest absolute Gasteiger partial charge is 0.311 e. The predicted octanol–water partition coefficient (Wildman–Crippen LogP) is 11.1. The van der Waals surface area contributed by atoms with Crippen LogP contribution in [-0.4, -0.2) is 0 Å². The van der Waals surface area contributed by atoms with Crippen LogP contribution >= 0.6 is 0 Å². The zero-order valence-electron chi connectivity index (χ0n) is 24.1. The van der Waals surface area contributed by atoms with Crippen molar-refractivity contribution in [2.45, 2.75) is 0 Å². The van der Waals surface area contributed by atoms with Crippen LogP contribution in [-0.2, 0) is 0 Å². The van der Waals surface area contributed by atoms with E-state index in [0.717, 1.165) is 60.9 Å². The van der Waals surface area contributed by atoms with Crippen molar-refractivity contribution in [2.24, 2.45) is 0 Å². The number of nitrogens with zero attached hydrogens (tertiary/aromatic N) is 4. The highest BCUT2D eigenvalue weighted by Gasteiger charge is 2.15. The van der Waals surface area contributed by atoms with Crippen molar-refractivity contribution in [3.8, 4) is 34.4 Å². The van der Waals surface area contributed by atoms with E-state index < -0.39 is 0 Å². The topological polar surface area (TPSA) is 55.2 Å². The van der Waals surface area contributed by atoms with Gasteiger partial charge in [0.25, 0.3) is 0 Å². The van der Waals surface area contributed by atoms with Gasteiger partial charge in [0.15, 0.2) is 5.69 Å². The molecular formula is C41H24N4. The molecule has 0 saturated heterocycles. The molecule has 4 heteroatoms. The maximum absolute atomic E-state index is 9.61. The van der Waals surface area contributed by atoms with E-state index in [1.807, 2.05) is 84.9 Å². The summed E-state index contributed by atoms with van der Waals surface area (Å²) in [5.41, 5.74) is 9.07. The molecule has 0 aliphatic heterocycles. The number of hydrogen-bond acceptors (Lipinski definition) is 3. The minimum absolute atomic E-state index is 0.604. The van der Waals surface area contributed by atoms with E-state index in [2.05, 4.69) is 82.5 Å². The lowest BCUT2D eigenvalue weighted by Gasteiger charge is -2.26. The number of hydrogen-bond donors (Lipinski definition) is 0. The molecule has 0 heterocycles. The Hall–Kier alpha value is -6.67. The summed E-state index contributed by atoms with van der Waals surface area (Å²) in [6.07, 6.45) is 0. The lowest BCUT2D eigenvalue weighted by atomic mass is 9.95. The smallest absolute Gasteiger partial charge is 0.194 e. The minimum Gasteiger partial charge on any atom is -0.311 e. The van der Waals surface area contributed by atoms with Crippen LogP contribution in [0, 0.1) is 29.2 Å². The van der Waals surface area contributed by atoms with E-state index in [4.69, 9.17) is 6.57 Å². The Morgan fingerprint density at radius 2 is 0.933 bits per heavy atom. The lowest BCUT2D eigenvalue weighted by molar-refractivity contribution is 1.28. The molecule has 0 unspecified atom stereocenters. The fourth-order valence-electron chi connectivity index (χ4n) is 5.99. The summed E-state index contributed by atoms with van der Waals surface area (Å²) in [5, 5.41) is 23.0. The third-order valence-corrected chi connectivity index (χ3v) is 8.19. The number of fused-ring (bicyclic) bond motifs is 2. The third kappa shape index (κ3) is 4.92. The Bertz CT molecular complexity index is 2190. The molecular weight excluding hydrogens is 548 g/mol. The number of rotatable bonds is 5. The van der Waals surface area contributed by atoms with Gasteiger partial charge in [0.2, 0.25) is 0 Å². The SMILES string of the molecule is [C-]#[N+]c1ccc(-c2ccc(N(c3ccc(C#N)cc3)c3ccc(-c4ccc(C#N)c5ccccc45)cc3)cc2)c2ccccc12. The molecule has 0 atom stereocenters. The molecule has 0 aliphatic carbocycles. The average Bonchev–Trinajstić information content (AvgIpc) is 3.12. The lowest BCUT2D eigenvalue weighted by Crippen LogP contribution is -2.09. The molecule has 7 rings (SSSR count). The summed E-state index contributed by atoms with van der Waals surface area (Å²) in [4.78, 5) is 5.88. The molecule has 0 radical (unpaired) electrons. The normalized spacial score (nSPS) is 10.6. The minimum atomic E-state index is 0.604. The Balaban J connectivity index is 1.30. The highest BCUT2D eigenvalue weighted by Crippen LogP contribution is 2.39. The van der Waals surface area contributed by atoms with Gasteiger partial charge in [-0.2, -0.15) is 10.5 Å². The molecule has 7 aromatic rings. The van der Waals surface area contributed by atoms with Crippen LogP contribution in [0.3, 0.4) is 0 Å². The molecule has 45 heavy (non-hydrogen) atoms. The first kappa shape index (κ1) is 27.2. The van der Waals surface area contributed by atoms with Gasteiger partial charge in [-0.15, -0.1) is 0 Å². The maximum atomic E-state index is 9.61. The Morgan fingerprint density at radius 1 is 0.467 bits per heavy atom. The molecule has 0 bridgehead atoms. The summed E-state index contributed by atoms with van der Waals surface area (Å²) < 4.78 is 0. The molecule has 0 aliphatic rings. The molecule has 4 nitrogen and oxygen atoms in total. The van der Waals surface area contributed by atoms with Gasteiger partial charge in [-0.25, -0.2) is 4.85 Å². The fraction of sp³-hybridized carbons (Fsp3) is 0. The molecule has 0 saturated carbocycles. The molecule has 7 aromatic carbocycles. The van der Waals surface area contributed by atoms with Gasteiger partial charge in [0.1, 0.15) is 0 Å². The van der Waals surface area contributed by atoms with Crippen molar-refractivity contribution < 1.29 is 0 Å². The Morgan fingerprint density at radius 3 is 1.44 bits per heavy atom. The summed E-state index contributed by atoms with van der Waals surface area (Å²) >= 11 is 0. The maximum Gasteiger partial charge on any atom is 0.194 e. The molecule has 0 aromatic heterocycles.